The van der Waals surface area contributed by atoms with Crippen molar-refractivity contribution < 1.29 is 14.4 Å². The fourth-order valence-electron chi connectivity index (χ4n) is 2.69. The molecule has 5 heteroatoms. The van der Waals surface area contributed by atoms with Gasteiger partial charge in [0.05, 0.1) is 0 Å². The molecule has 1 aromatic carbocycles. The van der Waals surface area contributed by atoms with Gasteiger partial charge in [0.2, 0.25) is 0 Å². The summed E-state index contributed by atoms with van der Waals surface area (Å²) < 4.78 is 13.1. The summed E-state index contributed by atoms with van der Waals surface area (Å²) in [5.41, 5.74) is 1.04. The molecule has 1 aliphatic carbocycles. The molecule has 1 saturated carbocycles. The Labute approximate surface area is 107 Å². The average Bonchev–Trinajstić information content (AvgIpc) is 2.84. The summed E-state index contributed by atoms with van der Waals surface area (Å²) in [5.74, 6) is -0.439. The third-order valence-electron chi connectivity index (χ3n) is 3.75. The van der Waals surface area contributed by atoms with Gasteiger partial charge in [-0.25, -0.2) is 4.39 Å². The Morgan fingerprint density at radius 2 is 2.00 bits per heavy atom. The molecule has 0 atom stereocenters. The molecule has 1 aliphatic rings. The van der Waals surface area contributed by atoms with Crippen LogP contribution in [0.4, 0.5) is 4.39 Å². The maximum atomic E-state index is 13.1. The summed E-state index contributed by atoms with van der Waals surface area (Å²) in [5, 5.41) is 18.6. The standard InChI is InChI=1S/C13H19BFNO2/c1-16(12-4-2-3-5-12)9-10-6-7-11(15)8-13(10)14(17)18/h6-8,12,17-18H,2-5,9H2,1H3. The second-order valence-electron chi connectivity index (χ2n) is 5.07. The highest BCUT2D eigenvalue weighted by molar-refractivity contribution is 6.59. The first-order valence-electron chi connectivity index (χ1n) is 6.42. The number of benzene rings is 1. The van der Waals surface area contributed by atoms with Gasteiger partial charge < -0.3 is 10.0 Å². The fraction of sp³-hybridized carbons (Fsp3) is 0.538. The van der Waals surface area contributed by atoms with E-state index in [2.05, 4.69) is 4.90 Å². The average molecular weight is 251 g/mol. The minimum absolute atomic E-state index is 0.264. The minimum atomic E-state index is -1.62. The first-order chi connectivity index (χ1) is 8.58. The van der Waals surface area contributed by atoms with Crippen molar-refractivity contribution in [1.29, 1.82) is 0 Å². The van der Waals surface area contributed by atoms with Crippen LogP contribution in [0.15, 0.2) is 18.2 Å². The van der Waals surface area contributed by atoms with Gasteiger partial charge in [-0.05, 0) is 43.0 Å². The van der Waals surface area contributed by atoms with Crippen molar-refractivity contribution in [1.82, 2.24) is 4.90 Å². The predicted molar refractivity (Wildman–Crippen MR) is 69.9 cm³/mol. The van der Waals surface area contributed by atoms with Crippen molar-refractivity contribution in [2.75, 3.05) is 7.05 Å². The third-order valence-corrected chi connectivity index (χ3v) is 3.75. The molecule has 0 spiro atoms. The highest BCUT2D eigenvalue weighted by atomic mass is 19.1. The maximum Gasteiger partial charge on any atom is 0.488 e. The Hall–Kier alpha value is -0.905. The number of hydrogen-bond acceptors (Lipinski definition) is 3. The van der Waals surface area contributed by atoms with Crippen molar-refractivity contribution >= 4 is 12.6 Å². The molecule has 0 bridgehead atoms. The van der Waals surface area contributed by atoms with E-state index in [1.165, 1.54) is 37.8 Å². The van der Waals surface area contributed by atoms with E-state index in [-0.39, 0.29) is 5.46 Å². The summed E-state index contributed by atoms with van der Waals surface area (Å²) in [4.78, 5) is 2.21. The summed E-state index contributed by atoms with van der Waals surface area (Å²) in [6.07, 6.45) is 4.89. The van der Waals surface area contributed by atoms with Gasteiger partial charge in [0, 0.05) is 12.6 Å². The quantitative estimate of drug-likeness (QED) is 0.781. The van der Waals surface area contributed by atoms with Crippen LogP contribution in [0.25, 0.3) is 0 Å². The SMILES string of the molecule is CN(Cc1ccc(F)cc1B(O)O)C1CCCC1. The molecule has 1 aromatic rings. The lowest BCUT2D eigenvalue weighted by Gasteiger charge is -2.25. The van der Waals surface area contributed by atoms with Crippen molar-refractivity contribution in [3.63, 3.8) is 0 Å². The predicted octanol–water partition coefficient (Wildman–Crippen LogP) is 0.880. The second-order valence-corrected chi connectivity index (χ2v) is 5.07. The van der Waals surface area contributed by atoms with Crippen LogP contribution in [0.5, 0.6) is 0 Å². The van der Waals surface area contributed by atoms with E-state index in [4.69, 9.17) is 0 Å². The zero-order valence-electron chi connectivity index (χ0n) is 10.6. The van der Waals surface area contributed by atoms with Gasteiger partial charge in [0.25, 0.3) is 0 Å². The van der Waals surface area contributed by atoms with E-state index in [0.29, 0.717) is 12.6 Å². The van der Waals surface area contributed by atoms with Crippen LogP contribution in [0.1, 0.15) is 31.2 Å². The fourth-order valence-corrected chi connectivity index (χ4v) is 2.69. The Bertz CT molecular complexity index is 408. The summed E-state index contributed by atoms with van der Waals surface area (Å²) in [6, 6.07) is 4.75. The van der Waals surface area contributed by atoms with Gasteiger partial charge in [-0.3, -0.25) is 4.90 Å². The van der Waals surface area contributed by atoms with Crippen molar-refractivity contribution in [3.05, 3.63) is 29.6 Å². The van der Waals surface area contributed by atoms with E-state index in [9.17, 15) is 14.4 Å². The van der Waals surface area contributed by atoms with Crippen LogP contribution < -0.4 is 5.46 Å². The second kappa shape index (κ2) is 5.82. The number of nitrogens with zero attached hydrogens (tertiary/aromatic N) is 1. The summed E-state index contributed by atoms with van der Waals surface area (Å²) >= 11 is 0. The molecular formula is C13H19BFNO2. The molecule has 0 radical (unpaired) electrons. The van der Waals surface area contributed by atoms with Crippen molar-refractivity contribution in [3.8, 4) is 0 Å². The van der Waals surface area contributed by atoms with Crippen LogP contribution in [0.3, 0.4) is 0 Å². The van der Waals surface area contributed by atoms with E-state index in [1.54, 1.807) is 6.07 Å². The van der Waals surface area contributed by atoms with E-state index in [1.807, 2.05) is 7.05 Å². The Balaban J connectivity index is 2.12. The molecule has 1 fully saturated rings. The van der Waals surface area contributed by atoms with Crippen LogP contribution in [0, 0.1) is 5.82 Å². The largest absolute Gasteiger partial charge is 0.488 e. The third kappa shape index (κ3) is 3.10. The van der Waals surface area contributed by atoms with Crippen LogP contribution in [-0.4, -0.2) is 35.2 Å². The molecule has 0 aliphatic heterocycles. The molecular weight excluding hydrogens is 232 g/mol. The maximum absolute atomic E-state index is 13.1. The van der Waals surface area contributed by atoms with Gasteiger partial charge in [-0.15, -0.1) is 0 Å². The first kappa shape index (κ1) is 13.5. The van der Waals surface area contributed by atoms with Crippen LogP contribution in [-0.2, 0) is 6.54 Å². The zero-order chi connectivity index (χ0) is 13.1. The Morgan fingerprint density at radius 1 is 1.33 bits per heavy atom. The normalized spacial score (nSPS) is 16.5. The lowest BCUT2D eigenvalue weighted by atomic mass is 9.77. The van der Waals surface area contributed by atoms with Gasteiger partial charge in [0.1, 0.15) is 5.82 Å². The van der Waals surface area contributed by atoms with E-state index < -0.39 is 12.9 Å². The number of halogens is 1. The van der Waals surface area contributed by atoms with E-state index in [0.717, 1.165) is 5.56 Å². The van der Waals surface area contributed by atoms with Gasteiger partial charge in [-0.2, -0.15) is 0 Å². The lowest BCUT2D eigenvalue weighted by molar-refractivity contribution is 0.237. The number of rotatable bonds is 4. The minimum Gasteiger partial charge on any atom is -0.423 e. The molecule has 0 heterocycles. The molecule has 3 nitrogen and oxygen atoms in total. The first-order valence-corrected chi connectivity index (χ1v) is 6.42. The van der Waals surface area contributed by atoms with Crippen molar-refractivity contribution in [2.24, 2.45) is 0 Å². The molecule has 0 saturated heterocycles. The summed E-state index contributed by atoms with van der Waals surface area (Å²) in [6.45, 7) is 0.623. The number of hydrogen-bond donors (Lipinski definition) is 2. The highest BCUT2D eigenvalue weighted by Gasteiger charge is 2.22. The smallest absolute Gasteiger partial charge is 0.423 e. The molecule has 2 N–H and O–H groups in total. The van der Waals surface area contributed by atoms with Gasteiger partial charge >= 0.3 is 7.12 Å². The molecule has 98 valence electrons. The topological polar surface area (TPSA) is 43.7 Å². The molecule has 2 rings (SSSR count). The monoisotopic (exact) mass is 251 g/mol. The molecule has 0 aromatic heterocycles. The summed E-state index contributed by atoms with van der Waals surface area (Å²) in [7, 11) is 0.417. The van der Waals surface area contributed by atoms with Crippen molar-refractivity contribution in [2.45, 2.75) is 38.3 Å². The van der Waals surface area contributed by atoms with Gasteiger partial charge in [0.15, 0.2) is 0 Å². The lowest BCUT2D eigenvalue weighted by Crippen LogP contribution is -2.37. The Morgan fingerprint density at radius 3 is 2.61 bits per heavy atom. The molecule has 0 amide bonds. The van der Waals surface area contributed by atoms with Gasteiger partial charge in [-0.1, -0.05) is 18.9 Å². The zero-order valence-corrected chi connectivity index (χ0v) is 10.6. The Kier molecular flexibility index (Phi) is 4.38. The van der Waals surface area contributed by atoms with Crippen LogP contribution in [0.2, 0.25) is 0 Å². The van der Waals surface area contributed by atoms with E-state index >= 15 is 0 Å². The molecule has 0 unspecified atom stereocenters. The van der Waals surface area contributed by atoms with Crippen LogP contribution >= 0.6 is 0 Å². The highest BCUT2D eigenvalue weighted by Crippen LogP contribution is 2.23. The molecule has 18 heavy (non-hydrogen) atoms.